The Balaban J connectivity index is 2.04. The number of carbonyl (C=O) groups excluding carboxylic acids is 2. The van der Waals surface area contributed by atoms with Gasteiger partial charge in [0.25, 0.3) is 10.0 Å². The van der Waals surface area contributed by atoms with Crippen LogP contribution in [-0.2, 0) is 26.2 Å². The highest BCUT2D eigenvalue weighted by atomic mass is 35.5. The van der Waals surface area contributed by atoms with Crippen molar-refractivity contribution in [3.05, 3.63) is 94.8 Å². The van der Waals surface area contributed by atoms with E-state index in [9.17, 15) is 22.4 Å². The zero-order chi connectivity index (χ0) is 29.0. The van der Waals surface area contributed by atoms with E-state index in [0.717, 1.165) is 22.0 Å². The maximum atomic E-state index is 13.9. The molecule has 39 heavy (non-hydrogen) atoms. The number of rotatable bonds is 9. The molecule has 0 aliphatic rings. The second-order valence-electron chi connectivity index (χ2n) is 10.3. The zero-order valence-corrected chi connectivity index (χ0v) is 24.2. The molecular formula is C29H33ClFN3O4S. The highest BCUT2D eigenvalue weighted by Crippen LogP contribution is 2.26. The summed E-state index contributed by atoms with van der Waals surface area (Å²) in [5, 5.41) is 3.27. The number of aryl methyl sites for hydroxylation is 1. The van der Waals surface area contributed by atoms with Crippen molar-refractivity contribution in [1.29, 1.82) is 0 Å². The van der Waals surface area contributed by atoms with Gasteiger partial charge in [-0.25, -0.2) is 12.8 Å². The minimum Gasteiger partial charge on any atom is -0.350 e. The fourth-order valence-corrected chi connectivity index (χ4v) is 5.45. The molecule has 0 unspecified atom stereocenters. The van der Waals surface area contributed by atoms with Gasteiger partial charge in [-0.3, -0.25) is 13.9 Å². The van der Waals surface area contributed by atoms with Crippen LogP contribution in [0, 0.1) is 12.7 Å². The van der Waals surface area contributed by atoms with E-state index < -0.39 is 45.8 Å². The molecule has 2 amide bonds. The van der Waals surface area contributed by atoms with Crippen molar-refractivity contribution in [3.8, 4) is 0 Å². The summed E-state index contributed by atoms with van der Waals surface area (Å²) in [6, 6.07) is 17.0. The van der Waals surface area contributed by atoms with Gasteiger partial charge >= 0.3 is 0 Å². The van der Waals surface area contributed by atoms with Gasteiger partial charge in [0.05, 0.1) is 10.6 Å². The standard InChI is InChI=1S/C29H33ClFN3O4S/c1-20-10-16-25(17-11-20)39(37,38)34(24-14-12-23(31)13-15-24)19-27(35)33(18-22-8-6-7-9-26(22)30)21(2)28(36)32-29(3,4)5/h6-17,21H,18-19H2,1-5H3,(H,32,36)/t21-/m0/s1. The van der Waals surface area contributed by atoms with Crippen LogP contribution >= 0.6 is 11.6 Å². The fraction of sp³-hybridized carbons (Fsp3) is 0.310. The average Bonchev–Trinajstić information content (AvgIpc) is 2.86. The lowest BCUT2D eigenvalue weighted by Crippen LogP contribution is -2.54. The van der Waals surface area contributed by atoms with E-state index in [2.05, 4.69) is 5.32 Å². The van der Waals surface area contributed by atoms with Crippen LogP contribution in [0.5, 0.6) is 0 Å². The van der Waals surface area contributed by atoms with E-state index in [4.69, 9.17) is 11.6 Å². The number of hydrogen-bond acceptors (Lipinski definition) is 4. The van der Waals surface area contributed by atoms with E-state index in [1.165, 1.54) is 29.2 Å². The Morgan fingerprint density at radius 2 is 1.56 bits per heavy atom. The van der Waals surface area contributed by atoms with Crippen LogP contribution in [0.25, 0.3) is 0 Å². The molecule has 208 valence electrons. The number of amides is 2. The quantitative estimate of drug-likeness (QED) is 0.376. The van der Waals surface area contributed by atoms with Gasteiger partial charge in [-0.2, -0.15) is 0 Å². The molecule has 0 saturated carbocycles. The summed E-state index contributed by atoms with van der Waals surface area (Å²) in [6.45, 7) is 8.21. The van der Waals surface area contributed by atoms with Crippen molar-refractivity contribution in [1.82, 2.24) is 10.2 Å². The van der Waals surface area contributed by atoms with E-state index in [1.54, 1.807) is 43.3 Å². The topological polar surface area (TPSA) is 86.8 Å². The Morgan fingerprint density at radius 3 is 2.13 bits per heavy atom. The van der Waals surface area contributed by atoms with Gasteiger partial charge in [-0.05, 0) is 82.6 Å². The third kappa shape index (κ3) is 7.80. The van der Waals surface area contributed by atoms with Crippen LogP contribution < -0.4 is 9.62 Å². The molecule has 0 radical (unpaired) electrons. The van der Waals surface area contributed by atoms with Gasteiger partial charge in [0, 0.05) is 17.1 Å². The summed E-state index contributed by atoms with van der Waals surface area (Å²) >= 11 is 6.37. The van der Waals surface area contributed by atoms with Crippen molar-refractivity contribution in [2.24, 2.45) is 0 Å². The number of hydrogen-bond donors (Lipinski definition) is 1. The lowest BCUT2D eigenvalue weighted by atomic mass is 10.1. The molecule has 1 atom stereocenters. The molecule has 7 nitrogen and oxygen atoms in total. The van der Waals surface area contributed by atoms with E-state index in [0.29, 0.717) is 10.6 Å². The first-order valence-corrected chi connectivity index (χ1v) is 14.2. The summed E-state index contributed by atoms with van der Waals surface area (Å²) in [5.41, 5.74) is 1.01. The van der Waals surface area contributed by atoms with Gasteiger partial charge < -0.3 is 10.2 Å². The first-order chi connectivity index (χ1) is 18.2. The largest absolute Gasteiger partial charge is 0.350 e. The average molecular weight is 574 g/mol. The van der Waals surface area contributed by atoms with Gasteiger partial charge in [0.15, 0.2) is 0 Å². The highest BCUT2D eigenvalue weighted by Gasteiger charge is 2.33. The van der Waals surface area contributed by atoms with Gasteiger partial charge in [-0.1, -0.05) is 47.5 Å². The molecule has 10 heteroatoms. The second-order valence-corrected chi connectivity index (χ2v) is 12.6. The number of carbonyl (C=O) groups is 2. The molecular weight excluding hydrogens is 541 g/mol. The van der Waals surface area contributed by atoms with Gasteiger partial charge in [0.1, 0.15) is 18.4 Å². The third-order valence-corrected chi connectivity index (χ3v) is 8.12. The SMILES string of the molecule is Cc1ccc(S(=O)(=O)N(CC(=O)N(Cc2ccccc2Cl)[C@@H](C)C(=O)NC(C)(C)C)c2ccc(F)cc2)cc1. The summed E-state index contributed by atoms with van der Waals surface area (Å²) in [5.74, 6) is -1.59. The Kier molecular flexibility index (Phi) is 9.40. The normalized spacial score (nSPS) is 12.5. The first-order valence-electron chi connectivity index (χ1n) is 12.4. The highest BCUT2D eigenvalue weighted by molar-refractivity contribution is 7.92. The van der Waals surface area contributed by atoms with Crippen LogP contribution in [0.2, 0.25) is 5.02 Å². The monoisotopic (exact) mass is 573 g/mol. The lowest BCUT2D eigenvalue weighted by Gasteiger charge is -2.33. The molecule has 0 saturated heterocycles. The number of nitrogens with one attached hydrogen (secondary N) is 1. The van der Waals surface area contributed by atoms with Crippen molar-refractivity contribution in [2.75, 3.05) is 10.8 Å². The Hall–Kier alpha value is -3.43. The van der Waals surface area contributed by atoms with E-state index in [1.807, 2.05) is 27.7 Å². The number of halogens is 2. The van der Waals surface area contributed by atoms with Crippen LogP contribution in [-0.4, -0.2) is 43.3 Å². The summed E-state index contributed by atoms with van der Waals surface area (Å²) in [6.07, 6.45) is 0. The van der Waals surface area contributed by atoms with E-state index in [-0.39, 0.29) is 17.1 Å². The third-order valence-electron chi connectivity index (χ3n) is 5.97. The number of nitrogens with zero attached hydrogens (tertiary/aromatic N) is 2. The molecule has 0 bridgehead atoms. The zero-order valence-electron chi connectivity index (χ0n) is 22.6. The molecule has 3 aromatic rings. The van der Waals surface area contributed by atoms with E-state index >= 15 is 0 Å². The maximum Gasteiger partial charge on any atom is 0.264 e. The van der Waals surface area contributed by atoms with Crippen LogP contribution in [0.4, 0.5) is 10.1 Å². The fourth-order valence-electron chi connectivity index (χ4n) is 3.84. The molecule has 3 rings (SSSR count). The predicted octanol–water partition coefficient (Wildman–Crippen LogP) is 5.31. The smallest absolute Gasteiger partial charge is 0.264 e. The molecule has 0 heterocycles. The molecule has 0 aliphatic heterocycles. The Labute approximate surface area is 234 Å². The Morgan fingerprint density at radius 1 is 0.974 bits per heavy atom. The Bertz CT molecular complexity index is 1420. The minimum atomic E-state index is -4.23. The lowest BCUT2D eigenvalue weighted by molar-refractivity contribution is -0.140. The van der Waals surface area contributed by atoms with Crippen LogP contribution in [0.15, 0.2) is 77.7 Å². The summed E-state index contributed by atoms with van der Waals surface area (Å²) < 4.78 is 42.1. The van der Waals surface area contributed by atoms with Crippen LogP contribution in [0.1, 0.15) is 38.8 Å². The maximum absolute atomic E-state index is 13.9. The number of anilines is 1. The van der Waals surface area contributed by atoms with Crippen molar-refractivity contribution < 1.29 is 22.4 Å². The minimum absolute atomic E-state index is 0.0265. The number of sulfonamides is 1. The predicted molar refractivity (Wildman–Crippen MR) is 151 cm³/mol. The van der Waals surface area contributed by atoms with Gasteiger partial charge in [-0.15, -0.1) is 0 Å². The van der Waals surface area contributed by atoms with Gasteiger partial charge in [0.2, 0.25) is 11.8 Å². The molecule has 0 aliphatic carbocycles. The van der Waals surface area contributed by atoms with Crippen molar-refractivity contribution >= 4 is 39.1 Å². The molecule has 3 aromatic carbocycles. The summed E-state index contributed by atoms with van der Waals surface area (Å²) in [7, 11) is -4.23. The first kappa shape index (κ1) is 30.1. The number of benzene rings is 3. The molecule has 0 aromatic heterocycles. The molecule has 0 fully saturated rings. The summed E-state index contributed by atoms with van der Waals surface area (Å²) in [4.78, 5) is 28.3. The molecule has 0 spiro atoms. The second kappa shape index (κ2) is 12.2. The van der Waals surface area contributed by atoms with Crippen molar-refractivity contribution in [3.63, 3.8) is 0 Å². The molecule has 1 N–H and O–H groups in total. The van der Waals surface area contributed by atoms with Crippen molar-refractivity contribution in [2.45, 2.75) is 57.6 Å². The van der Waals surface area contributed by atoms with Crippen LogP contribution in [0.3, 0.4) is 0 Å².